The molecular weight excluding hydrogens is 394 g/mol. The third-order valence-electron chi connectivity index (χ3n) is 4.98. The first-order chi connectivity index (χ1) is 15.0. The van der Waals surface area contributed by atoms with Gasteiger partial charge in [-0.05, 0) is 38.7 Å². The van der Waals surface area contributed by atoms with Gasteiger partial charge in [-0.3, -0.25) is 9.48 Å². The lowest BCUT2D eigenvalue weighted by atomic mass is 10.2. The number of anilines is 1. The number of likely N-dealkylation sites (N-methyl/N-ethyl adjacent to an activating group) is 1. The van der Waals surface area contributed by atoms with Gasteiger partial charge in [0.05, 0.1) is 18.4 Å². The molecule has 0 spiro atoms. The Balaban J connectivity index is 1.62. The molecule has 1 aliphatic rings. The lowest BCUT2D eigenvalue weighted by Crippen LogP contribution is -2.55. The van der Waals surface area contributed by atoms with Gasteiger partial charge in [0.2, 0.25) is 5.91 Å². The molecule has 1 aromatic carbocycles. The van der Waals surface area contributed by atoms with Gasteiger partial charge < -0.3 is 24.8 Å². The second kappa shape index (κ2) is 10.8. The number of aliphatic imine (C=N–C) groups is 1. The maximum absolute atomic E-state index is 12.7. The largest absolute Gasteiger partial charge is 0.492 e. The van der Waals surface area contributed by atoms with Crippen LogP contribution in [0.1, 0.15) is 12.5 Å². The summed E-state index contributed by atoms with van der Waals surface area (Å²) in [5, 5.41) is 7.48. The molecule has 0 radical (unpaired) electrons. The summed E-state index contributed by atoms with van der Waals surface area (Å²) in [5.41, 5.74) is 1.90. The summed E-state index contributed by atoms with van der Waals surface area (Å²) in [6, 6.07) is 8.01. The molecule has 1 fully saturated rings. The highest BCUT2D eigenvalue weighted by molar-refractivity contribution is 5.98. The van der Waals surface area contributed by atoms with Crippen molar-refractivity contribution in [2.45, 2.75) is 13.5 Å². The minimum atomic E-state index is 0.0427. The molecule has 9 nitrogen and oxygen atoms in total. The molecule has 0 aliphatic carbocycles. The Kier molecular flexibility index (Phi) is 7.88. The van der Waals surface area contributed by atoms with Crippen molar-refractivity contribution in [1.29, 1.82) is 0 Å². The molecule has 1 aromatic heterocycles. The molecule has 2 aromatic rings. The van der Waals surface area contributed by atoms with Crippen LogP contribution in [0.2, 0.25) is 0 Å². The predicted octanol–water partition coefficient (Wildman–Crippen LogP) is 1.17. The molecule has 1 aliphatic heterocycles. The molecule has 0 unspecified atom stereocenters. The first-order valence-electron chi connectivity index (χ1n) is 10.6. The van der Waals surface area contributed by atoms with E-state index >= 15 is 0 Å². The minimum absolute atomic E-state index is 0.0427. The number of aryl methyl sites for hydroxylation is 1. The third kappa shape index (κ3) is 6.45. The summed E-state index contributed by atoms with van der Waals surface area (Å²) in [4.78, 5) is 23.4. The van der Waals surface area contributed by atoms with Gasteiger partial charge in [0, 0.05) is 39.4 Å². The molecule has 31 heavy (non-hydrogen) atoms. The first kappa shape index (κ1) is 22.6. The number of aromatic nitrogens is 2. The number of amides is 1. The molecule has 1 amide bonds. The van der Waals surface area contributed by atoms with E-state index < -0.39 is 0 Å². The average Bonchev–Trinajstić information content (AvgIpc) is 3.17. The zero-order valence-corrected chi connectivity index (χ0v) is 18.9. The normalized spacial score (nSPS) is 15.0. The first-order valence-corrected chi connectivity index (χ1v) is 10.6. The van der Waals surface area contributed by atoms with Gasteiger partial charge in [-0.2, -0.15) is 5.10 Å². The van der Waals surface area contributed by atoms with Crippen LogP contribution in [-0.2, 0) is 18.4 Å². The molecule has 0 saturated carbocycles. The molecule has 0 bridgehead atoms. The van der Waals surface area contributed by atoms with Crippen molar-refractivity contribution in [3.63, 3.8) is 0 Å². The molecular formula is C22H33N7O2. The number of ether oxygens (including phenoxy) is 1. The average molecular weight is 428 g/mol. The van der Waals surface area contributed by atoms with Gasteiger partial charge in [0.25, 0.3) is 0 Å². The van der Waals surface area contributed by atoms with Crippen molar-refractivity contribution < 1.29 is 9.53 Å². The fraction of sp³-hybridized carbons (Fsp3) is 0.500. The number of hydrogen-bond acceptors (Lipinski definition) is 5. The Hall–Kier alpha value is -3.07. The zero-order valence-electron chi connectivity index (χ0n) is 18.9. The van der Waals surface area contributed by atoms with Crippen molar-refractivity contribution in [3.05, 3.63) is 42.2 Å². The van der Waals surface area contributed by atoms with Crippen molar-refractivity contribution in [1.82, 2.24) is 24.9 Å². The molecule has 1 saturated heterocycles. The lowest BCUT2D eigenvalue weighted by molar-refractivity contribution is -0.120. The Morgan fingerprint density at radius 3 is 2.84 bits per heavy atom. The van der Waals surface area contributed by atoms with E-state index in [1.54, 1.807) is 15.8 Å². The van der Waals surface area contributed by atoms with Gasteiger partial charge in [0.15, 0.2) is 5.96 Å². The standard InChI is InChI=1S/C22H33N7O2/c1-5-23-22(24-14-18-7-6-8-20(13-18)31-12-11-26(2)3)28-9-10-29(21(30)17-28)19-15-25-27(4)16-19/h6-8,13,15-16H,5,9-12,14,17H2,1-4H3,(H,23,24). The maximum Gasteiger partial charge on any atom is 0.246 e. The van der Waals surface area contributed by atoms with E-state index in [1.165, 1.54) is 0 Å². The molecule has 0 atom stereocenters. The van der Waals surface area contributed by atoms with Gasteiger partial charge in [0.1, 0.15) is 18.9 Å². The van der Waals surface area contributed by atoms with E-state index in [2.05, 4.69) is 15.3 Å². The van der Waals surface area contributed by atoms with Crippen LogP contribution in [0, 0.1) is 0 Å². The Morgan fingerprint density at radius 2 is 2.16 bits per heavy atom. The van der Waals surface area contributed by atoms with E-state index in [-0.39, 0.29) is 12.5 Å². The summed E-state index contributed by atoms with van der Waals surface area (Å²) in [7, 11) is 5.90. The highest BCUT2D eigenvalue weighted by Gasteiger charge is 2.27. The van der Waals surface area contributed by atoms with E-state index in [1.807, 2.05) is 63.4 Å². The van der Waals surface area contributed by atoms with Gasteiger partial charge in [-0.15, -0.1) is 0 Å². The number of hydrogen-bond donors (Lipinski definition) is 1. The van der Waals surface area contributed by atoms with Crippen LogP contribution in [0.5, 0.6) is 5.75 Å². The summed E-state index contributed by atoms with van der Waals surface area (Å²) in [6.07, 6.45) is 3.58. The number of piperazine rings is 1. The van der Waals surface area contributed by atoms with Crippen LogP contribution in [0.15, 0.2) is 41.7 Å². The molecule has 2 heterocycles. The SMILES string of the molecule is CCNC(=NCc1cccc(OCCN(C)C)c1)N1CCN(c2cnn(C)c2)C(=O)C1. The third-order valence-corrected chi connectivity index (χ3v) is 4.98. The molecule has 3 rings (SSSR count). The van der Waals surface area contributed by atoms with Crippen LogP contribution in [0.3, 0.4) is 0 Å². The summed E-state index contributed by atoms with van der Waals surface area (Å²) in [5.74, 6) is 1.64. The van der Waals surface area contributed by atoms with Gasteiger partial charge in [-0.25, -0.2) is 4.99 Å². The summed E-state index contributed by atoms with van der Waals surface area (Å²) < 4.78 is 7.53. The number of nitrogens with one attached hydrogen (secondary N) is 1. The van der Waals surface area contributed by atoms with Crippen LogP contribution in [-0.4, -0.2) is 84.9 Å². The minimum Gasteiger partial charge on any atom is -0.492 e. The van der Waals surface area contributed by atoms with Crippen LogP contribution < -0.4 is 15.0 Å². The second-order valence-electron chi connectivity index (χ2n) is 7.81. The maximum atomic E-state index is 12.7. The quantitative estimate of drug-likeness (QED) is 0.504. The Morgan fingerprint density at radius 1 is 1.32 bits per heavy atom. The van der Waals surface area contributed by atoms with Crippen LogP contribution in [0.25, 0.3) is 0 Å². The topological polar surface area (TPSA) is 78.2 Å². The van der Waals surface area contributed by atoms with Crippen molar-refractivity contribution in [2.75, 3.05) is 58.3 Å². The second-order valence-corrected chi connectivity index (χ2v) is 7.81. The van der Waals surface area contributed by atoms with E-state index in [9.17, 15) is 4.79 Å². The highest BCUT2D eigenvalue weighted by Crippen LogP contribution is 2.17. The van der Waals surface area contributed by atoms with Crippen molar-refractivity contribution in [3.8, 4) is 5.75 Å². The number of carbonyl (C=O) groups excluding carboxylic acids is 1. The fourth-order valence-corrected chi connectivity index (χ4v) is 3.35. The smallest absolute Gasteiger partial charge is 0.246 e. The lowest BCUT2D eigenvalue weighted by Gasteiger charge is -2.35. The zero-order chi connectivity index (χ0) is 22.2. The van der Waals surface area contributed by atoms with Crippen molar-refractivity contribution >= 4 is 17.6 Å². The van der Waals surface area contributed by atoms with Crippen LogP contribution in [0.4, 0.5) is 5.69 Å². The fourth-order valence-electron chi connectivity index (χ4n) is 3.35. The van der Waals surface area contributed by atoms with E-state index in [0.717, 1.165) is 36.0 Å². The van der Waals surface area contributed by atoms with E-state index in [4.69, 9.17) is 9.73 Å². The van der Waals surface area contributed by atoms with E-state index in [0.29, 0.717) is 26.2 Å². The Bertz CT molecular complexity index is 893. The van der Waals surface area contributed by atoms with Crippen LogP contribution >= 0.6 is 0 Å². The van der Waals surface area contributed by atoms with Crippen molar-refractivity contribution in [2.24, 2.45) is 12.0 Å². The molecule has 1 N–H and O–H groups in total. The summed E-state index contributed by atoms with van der Waals surface area (Å²) in [6.45, 7) is 6.40. The number of benzene rings is 1. The predicted molar refractivity (Wildman–Crippen MR) is 122 cm³/mol. The number of carbonyl (C=O) groups is 1. The monoisotopic (exact) mass is 427 g/mol. The number of guanidine groups is 1. The highest BCUT2D eigenvalue weighted by atomic mass is 16.5. The van der Waals surface area contributed by atoms with Gasteiger partial charge in [-0.1, -0.05) is 12.1 Å². The summed E-state index contributed by atoms with van der Waals surface area (Å²) >= 11 is 0. The molecule has 168 valence electrons. The number of rotatable bonds is 8. The number of nitrogens with zero attached hydrogens (tertiary/aromatic N) is 6. The Labute approximate surface area is 184 Å². The van der Waals surface area contributed by atoms with Gasteiger partial charge >= 0.3 is 0 Å². The molecule has 9 heteroatoms.